The van der Waals surface area contributed by atoms with E-state index < -0.39 is 11.8 Å². The third-order valence-corrected chi connectivity index (χ3v) is 3.02. The van der Waals surface area contributed by atoms with Gasteiger partial charge in [0.1, 0.15) is 6.04 Å². The van der Waals surface area contributed by atoms with Gasteiger partial charge in [0, 0.05) is 12.2 Å². The van der Waals surface area contributed by atoms with E-state index in [0.29, 0.717) is 16.8 Å². The van der Waals surface area contributed by atoms with Crippen LogP contribution in [0.15, 0.2) is 27.4 Å². The molecule has 2 amide bonds. The topological polar surface area (TPSA) is 116 Å². The number of amides is 2. The molecule has 0 aliphatic carbocycles. The van der Waals surface area contributed by atoms with Crippen LogP contribution in [0.2, 0.25) is 0 Å². The Morgan fingerprint density at radius 3 is 2.95 bits per heavy atom. The molecule has 2 aromatic rings. The van der Waals surface area contributed by atoms with Crippen LogP contribution in [0.5, 0.6) is 0 Å². The van der Waals surface area contributed by atoms with Crippen molar-refractivity contribution in [2.45, 2.75) is 6.04 Å². The molecule has 2 heterocycles. The smallest absolute Gasteiger partial charge is 0.408 e. The average molecular weight is 276 g/mol. The lowest BCUT2D eigenvalue weighted by molar-refractivity contribution is -0.124. The first-order valence-electron chi connectivity index (χ1n) is 6.05. The Bertz CT molecular complexity index is 722. The number of hydrogen-bond acceptors (Lipinski definition) is 5. The molecule has 3 rings (SSSR count). The van der Waals surface area contributed by atoms with Gasteiger partial charge in [-0.2, -0.15) is 0 Å². The Labute approximate surface area is 112 Å². The molecule has 0 radical (unpaired) electrons. The maximum atomic E-state index is 12.0. The zero-order valence-electron chi connectivity index (χ0n) is 10.4. The fourth-order valence-corrected chi connectivity index (χ4v) is 2.01. The third kappa shape index (κ3) is 2.41. The summed E-state index contributed by atoms with van der Waals surface area (Å²) >= 11 is 0. The number of benzene rings is 1. The molecule has 1 aromatic carbocycles. The highest BCUT2D eigenvalue weighted by atomic mass is 16.4. The van der Waals surface area contributed by atoms with Gasteiger partial charge in [-0.25, -0.2) is 4.79 Å². The number of aromatic amines is 1. The first-order valence-corrected chi connectivity index (χ1v) is 6.05. The van der Waals surface area contributed by atoms with E-state index in [4.69, 9.17) is 4.42 Å². The van der Waals surface area contributed by atoms with E-state index in [2.05, 4.69) is 20.9 Å². The van der Waals surface area contributed by atoms with E-state index in [1.54, 1.807) is 18.2 Å². The number of fused-ring (bicyclic) bond motifs is 1. The fraction of sp³-hybridized carbons (Fsp3) is 0.250. The van der Waals surface area contributed by atoms with Crippen molar-refractivity contribution >= 4 is 28.6 Å². The highest BCUT2D eigenvalue weighted by Gasteiger charge is 2.23. The molecule has 8 heteroatoms. The van der Waals surface area contributed by atoms with Crippen LogP contribution in [-0.4, -0.2) is 35.9 Å². The predicted octanol–water partition coefficient (Wildman–Crippen LogP) is -0.852. The summed E-state index contributed by atoms with van der Waals surface area (Å²) in [6.07, 6.45) is 0. The molecule has 1 unspecified atom stereocenters. The van der Waals surface area contributed by atoms with E-state index in [1.165, 1.54) is 0 Å². The molecule has 4 N–H and O–H groups in total. The number of rotatable bonds is 2. The van der Waals surface area contributed by atoms with Crippen LogP contribution < -0.4 is 21.7 Å². The largest absolute Gasteiger partial charge is 0.417 e. The summed E-state index contributed by atoms with van der Waals surface area (Å²) < 4.78 is 4.87. The number of H-pyrrole nitrogens is 1. The Morgan fingerprint density at radius 1 is 1.35 bits per heavy atom. The molecule has 1 aromatic heterocycles. The molecule has 1 atom stereocenters. The number of hydrogen-bond donors (Lipinski definition) is 4. The second-order valence-corrected chi connectivity index (χ2v) is 4.45. The van der Waals surface area contributed by atoms with Gasteiger partial charge in [-0.3, -0.25) is 19.9 Å². The van der Waals surface area contributed by atoms with Crippen molar-refractivity contribution in [2.24, 2.45) is 0 Å². The first-order chi connectivity index (χ1) is 9.61. The fourth-order valence-electron chi connectivity index (χ4n) is 2.01. The summed E-state index contributed by atoms with van der Waals surface area (Å²) in [7, 11) is 0. The highest BCUT2D eigenvalue weighted by Crippen LogP contribution is 2.16. The summed E-state index contributed by atoms with van der Waals surface area (Å²) in [5.74, 6) is -0.929. The summed E-state index contributed by atoms with van der Waals surface area (Å²) in [6.45, 7) is 0.363. The molecule has 104 valence electrons. The lowest BCUT2D eigenvalue weighted by Crippen LogP contribution is -2.56. The molecular formula is C12H12N4O4. The summed E-state index contributed by atoms with van der Waals surface area (Å²) in [6, 6.07) is 4.36. The Morgan fingerprint density at radius 2 is 2.20 bits per heavy atom. The zero-order chi connectivity index (χ0) is 14.1. The quantitative estimate of drug-likeness (QED) is 0.570. The monoisotopic (exact) mass is 276 g/mol. The highest BCUT2D eigenvalue weighted by molar-refractivity contribution is 5.97. The van der Waals surface area contributed by atoms with Gasteiger partial charge in [-0.1, -0.05) is 0 Å². The minimum Gasteiger partial charge on any atom is -0.408 e. The maximum absolute atomic E-state index is 12.0. The molecule has 0 saturated carbocycles. The van der Waals surface area contributed by atoms with Crippen LogP contribution in [0.3, 0.4) is 0 Å². The van der Waals surface area contributed by atoms with Gasteiger partial charge in [0.25, 0.3) is 0 Å². The molecule has 1 aliphatic heterocycles. The summed E-state index contributed by atoms with van der Waals surface area (Å²) in [5.41, 5.74) is 1.48. The molecule has 1 fully saturated rings. The summed E-state index contributed by atoms with van der Waals surface area (Å²) in [4.78, 5) is 36.5. The molecule has 1 saturated heterocycles. The Kier molecular flexibility index (Phi) is 2.99. The van der Waals surface area contributed by atoms with E-state index in [9.17, 15) is 14.4 Å². The normalized spacial score (nSPS) is 18.8. The molecule has 8 nitrogen and oxygen atoms in total. The lowest BCUT2D eigenvalue weighted by atomic mass is 10.2. The van der Waals surface area contributed by atoms with Crippen molar-refractivity contribution in [1.29, 1.82) is 0 Å². The van der Waals surface area contributed by atoms with Gasteiger partial charge in [0.15, 0.2) is 5.58 Å². The second kappa shape index (κ2) is 4.82. The number of piperazine rings is 1. The molecular weight excluding hydrogens is 264 g/mol. The van der Waals surface area contributed by atoms with Gasteiger partial charge in [-0.15, -0.1) is 0 Å². The van der Waals surface area contributed by atoms with E-state index >= 15 is 0 Å². The third-order valence-electron chi connectivity index (χ3n) is 3.02. The number of carbonyl (C=O) groups is 2. The minimum absolute atomic E-state index is 0.117. The van der Waals surface area contributed by atoms with Crippen molar-refractivity contribution in [1.82, 2.24) is 15.6 Å². The second-order valence-electron chi connectivity index (χ2n) is 4.45. The summed E-state index contributed by atoms with van der Waals surface area (Å²) in [5, 5.41) is 8.15. The number of aromatic nitrogens is 1. The van der Waals surface area contributed by atoms with Crippen LogP contribution in [0.1, 0.15) is 0 Å². The molecule has 1 aliphatic rings. The molecule has 20 heavy (non-hydrogen) atoms. The van der Waals surface area contributed by atoms with Gasteiger partial charge in [-0.05, 0) is 18.2 Å². The SMILES string of the molecule is O=C1CNC(C(=O)Nc2ccc3oc(=O)[nH]c3c2)CN1. The van der Waals surface area contributed by atoms with Crippen molar-refractivity contribution < 1.29 is 14.0 Å². The maximum Gasteiger partial charge on any atom is 0.417 e. The van der Waals surface area contributed by atoms with Crippen LogP contribution in [0.4, 0.5) is 5.69 Å². The first kappa shape index (κ1) is 12.4. The molecule has 0 bridgehead atoms. The van der Waals surface area contributed by atoms with Crippen molar-refractivity contribution in [3.63, 3.8) is 0 Å². The van der Waals surface area contributed by atoms with Crippen LogP contribution in [0.25, 0.3) is 11.1 Å². The van der Waals surface area contributed by atoms with Crippen LogP contribution in [-0.2, 0) is 9.59 Å². The number of anilines is 1. The number of nitrogens with one attached hydrogen (secondary N) is 4. The number of carbonyl (C=O) groups excluding carboxylic acids is 2. The lowest BCUT2D eigenvalue weighted by Gasteiger charge is -2.23. The Hall–Kier alpha value is -2.61. The Balaban J connectivity index is 1.73. The van der Waals surface area contributed by atoms with Gasteiger partial charge in [0.2, 0.25) is 11.8 Å². The van der Waals surface area contributed by atoms with Crippen LogP contribution in [0, 0.1) is 0 Å². The predicted molar refractivity (Wildman–Crippen MR) is 70.3 cm³/mol. The van der Waals surface area contributed by atoms with Crippen molar-refractivity contribution in [3.05, 3.63) is 28.7 Å². The average Bonchev–Trinajstić information content (AvgIpc) is 2.78. The van der Waals surface area contributed by atoms with E-state index in [1.807, 2.05) is 0 Å². The number of oxazole rings is 1. The van der Waals surface area contributed by atoms with Crippen molar-refractivity contribution in [2.75, 3.05) is 18.4 Å². The zero-order valence-corrected chi connectivity index (χ0v) is 10.4. The van der Waals surface area contributed by atoms with Gasteiger partial charge in [0.05, 0.1) is 12.1 Å². The van der Waals surface area contributed by atoms with Crippen LogP contribution >= 0.6 is 0 Å². The van der Waals surface area contributed by atoms with Gasteiger partial charge >= 0.3 is 5.76 Å². The van der Waals surface area contributed by atoms with Gasteiger partial charge < -0.3 is 15.1 Å². The standard InChI is InChI=1S/C12H12N4O4/c17-10-5-13-8(4-14-10)11(18)15-6-1-2-9-7(3-6)16-12(19)20-9/h1-3,8,13H,4-5H2,(H,14,17)(H,15,18)(H,16,19). The minimum atomic E-state index is -0.542. The van der Waals surface area contributed by atoms with E-state index in [-0.39, 0.29) is 24.9 Å². The molecule has 0 spiro atoms. The van der Waals surface area contributed by atoms with E-state index in [0.717, 1.165) is 0 Å². The van der Waals surface area contributed by atoms with Crippen molar-refractivity contribution in [3.8, 4) is 0 Å².